The summed E-state index contributed by atoms with van der Waals surface area (Å²) in [6, 6.07) is 18.2. The van der Waals surface area contributed by atoms with Gasteiger partial charge in [-0.25, -0.2) is 0 Å². The molecule has 0 aliphatic carbocycles. The lowest BCUT2D eigenvalue weighted by atomic mass is 9.93. The predicted molar refractivity (Wildman–Crippen MR) is 122 cm³/mol. The number of piperazine rings is 1. The van der Waals surface area contributed by atoms with Gasteiger partial charge < -0.3 is 10.2 Å². The zero-order valence-electron chi connectivity index (χ0n) is 17.6. The van der Waals surface area contributed by atoms with E-state index in [4.69, 9.17) is 0 Å². The maximum Gasteiger partial charge on any atom is 0.0558 e. The molecule has 1 saturated heterocycles. The van der Waals surface area contributed by atoms with E-state index in [2.05, 4.69) is 72.2 Å². The van der Waals surface area contributed by atoms with Crippen LogP contribution in [0.15, 0.2) is 48.5 Å². The van der Waals surface area contributed by atoms with Crippen LogP contribution in [0.5, 0.6) is 0 Å². The van der Waals surface area contributed by atoms with Gasteiger partial charge in [-0.05, 0) is 35.1 Å². The highest BCUT2D eigenvalue weighted by Gasteiger charge is 2.35. The van der Waals surface area contributed by atoms with E-state index in [1.807, 2.05) is 0 Å². The minimum absolute atomic E-state index is 0. The molecule has 2 aromatic carbocycles. The van der Waals surface area contributed by atoms with Gasteiger partial charge in [0.25, 0.3) is 0 Å². The highest BCUT2D eigenvalue weighted by Crippen LogP contribution is 2.36. The van der Waals surface area contributed by atoms with Crippen LogP contribution >= 0.6 is 12.4 Å². The van der Waals surface area contributed by atoms with E-state index in [9.17, 15) is 10.2 Å². The Morgan fingerprint density at radius 1 is 0.724 bits per heavy atom. The summed E-state index contributed by atoms with van der Waals surface area (Å²) in [5.74, 6) is 0. The number of rotatable bonds is 8. The van der Waals surface area contributed by atoms with Gasteiger partial charge >= 0.3 is 0 Å². The molecule has 2 unspecified atom stereocenters. The number of nitrogens with zero attached hydrogens (tertiary/aromatic N) is 2. The molecular formula is C24H35ClN2O2. The molecule has 2 atom stereocenters. The van der Waals surface area contributed by atoms with Crippen molar-refractivity contribution in [3.8, 4) is 0 Å². The van der Waals surface area contributed by atoms with Crippen LogP contribution in [0, 0.1) is 0 Å². The van der Waals surface area contributed by atoms with Gasteiger partial charge in [0.05, 0.1) is 13.2 Å². The first-order valence-electron chi connectivity index (χ1n) is 10.6. The highest BCUT2D eigenvalue weighted by molar-refractivity contribution is 5.85. The van der Waals surface area contributed by atoms with Crippen molar-refractivity contribution in [2.45, 2.75) is 38.8 Å². The summed E-state index contributed by atoms with van der Waals surface area (Å²) < 4.78 is 0. The van der Waals surface area contributed by atoms with Crippen LogP contribution in [0.3, 0.4) is 0 Å². The second kappa shape index (κ2) is 11.7. The van der Waals surface area contributed by atoms with Crippen molar-refractivity contribution >= 4 is 12.4 Å². The van der Waals surface area contributed by atoms with E-state index >= 15 is 0 Å². The zero-order valence-corrected chi connectivity index (χ0v) is 18.4. The minimum Gasteiger partial charge on any atom is -0.395 e. The molecule has 4 nitrogen and oxygen atoms in total. The minimum atomic E-state index is 0. The lowest BCUT2D eigenvalue weighted by Crippen LogP contribution is -2.51. The van der Waals surface area contributed by atoms with E-state index in [0.29, 0.717) is 13.1 Å². The Hall–Kier alpha value is -1.43. The number of aryl methyl sites for hydroxylation is 2. The van der Waals surface area contributed by atoms with Crippen molar-refractivity contribution in [1.29, 1.82) is 0 Å². The molecule has 29 heavy (non-hydrogen) atoms. The Balaban J connectivity index is 0.00000300. The summed E-state index contributed by atoms with van der Waals surface area (Å²) in [6.45, 7) is 7.73. The number of aliphatic hydroxyl groups is 2. The van der Waals surface area contributed by atoms with E-state index in [-0.39, 0.29) is 37.7 Å². The van der Waals surface area contributed by atoms with Crippen LogP contribution < -0.4 is 0 Å². The summed E-state index contributed by atoms with van der Waals surface area (Å²) in [5.41, 5.74) is 5.24. The fraction of sp³-hybridized carbons (Fsp3) is 0.500. The van der Waals surface area contributed by atoms with E-state index in [1.165, 1.54) is 22.3 Å². The van der Waals surface area contributed by atoms with Crippen molar-refractivity contribution < 1.29 is 10.2 Å². The maximum absolute atomic E-state index is 9.79. The lowest BCUT2D eigenvalue weighted by Gasteiger charge is -2.47. The summed E-state index contributed by atoms with van der Waals surface area (Å²) in [5, 5.41) is 19.3. The van der Waals surface area contributed by atoms with Crippen molar-refractivity contribution in [1.82, 2.24) is 9.80 Å². The molecule has 1 fully saturated rings. The number of aliphatic hydroxyl groups excluding tert-OH is 2. The van der Waals surface area contributed by atoms with Crippen LogP contribution in [-0.2, 0) is 12.8 Å². The monoisotopic (exact) mass is 418 g/mol. The fourth-order valence-corrected chi connectivity index (χ4v) is 4.29. The Bertz CT molecular complexity index is 663. The van der Waals surface area contributed by atoms with E-state index < -0.39 is 0 Å². The van der Waals surface area contributed by atoms with Gasteiger partial charge in [-0.3, -0.25) is 9.80 Å². The molecule has 1 aliphatic rings. The Kier molecular flexibility index (Phi) is 9.60. The maximum atomic E-state index is 9.79. The van der Waals surface area contributed by atoms with Crippen LogP contribution in [-0.4, -0.2) is 59.4 Å². The first-order valence-corrected chi connectivity index (χ1v) is 10.6. The largest absolute Gasteiger partial charge is 0.395 e. The molecule has 1 aliphatic heterocycles. The van der Waals surface area contributed by atoms with Gasteiger partial charge in [0.2, 0.25) is 0 Å². The SMILES string of the molecule is CCc1ccc(C2CN(CCO)CC(c3ccc(CC)cc3)N2CCO)cc1.Cl. The molecule has 2 N–H and O–H groups in total. The molecule has 5 heteroatoms. The van der Waals surface area contributed by atoms with Gasteiger partial charge in [-0.15, -0.1) is 12.4 Å². The molecule has 1 heterocycles. The summed E-state index contributed by atoms with van der Waals surface area (Å²) in [7, 11) is 0. The summed E-state index contributed by atoms with van der Waals surface area (Å²) in [6.07, 6.45) is 2.07. The highest BCUT2D eigenvalue weighted by atomic mass is 35.5. The van der Waals surface area contributed by atoms with Crippen LogP contribution in [0.25, 0.3) is 0 Å². The van der Waals surface area contributed by atoms with Crippen LogP contribution in [0.1, 0.15) is 48.2 Å². The summed E-state index contributed by atoms with van der Waals surface area (Å²) >= 11 is 0. The van der Waals surface area contributed by atoms with Gasteiger partial charge in [0, 0.05) is 38.3 Å². The molecule has 0 amide bonds. The second-order valence-electron chi connectivity index (χ2n) is 7.67. The number of halogens is 1. The van der Waals surface area contributed by atoms with E-state index in [0.717, 1.165) is 25.9 Å². The Morgan fingerprint density at radius 3 is 1.48 bits per heavy atom. The average Bonchev–Trinajstić information content (AvgIpc) is 2.75. The quantitative estimate of drug-likeness (QED) is 0.687. The Labute approximate surface area is 181 Å². The third-order valence-electron chi connectivity index (χ3n) is 5.98. The smallest absolute Gasteiger partial charge is 0.0558 e. The summed E-state index contributed by atoms with van der Waals surface area (Å²) in [4.78, 5) is 4.79. The van der Waals surface area contributed by atoms with Crippen LogP contribution in [0.2, 0.25) is 0 Å². The molecule has 0 radical (unpaired) electrons. The molecule has 3 rings (SSSR count). The molecule has 0 aromatic heterocycles. The third kappa shape index (κ3) is 5.80. The molecular weight excluding hydrogens is 384 g/mol. The predicted octanol–water partition coefficient (Wildman–Crippen LogP) is 3.62. The number of hydrogen-bond acceptors (Lipinski definition) is 4. The number of benzene rings is 2. The average molecular weight is 419 g/mol. The molecule has 0 saturated carbocycles. The van der Waals surface area contributed by atoms with Crippen molar-refractivity contribution in [3.63, 3.8) is 0 Å². The number of hydrogen-bond donors (Lipinski definition) is 2. The van der Waals surface area contributed by atoms with Crippen molar-refractivity contribution in [2.75, 3.05) is 39.4 Å². The van der Waals surface area contributed by atoms with Gasteiger partial charge in [-0.1, -0.05) is 62.4 Å². The molecule has 0 bridgehead atoms. The third-order valence-corrected chi connectivity index (χ3v) is 5.98. The first kappa shape index (κ1) is 23.8. The van der Waals surface area contributed by atoms with Crippen molar-refractivity contribution in [2.24, 2.45) is 0 Å². The number of β-amino-alcohol motifs (C(OH)–C–C–N with tert-alkyl or cyclic N) is 2. The van der Waals surface area contributed by atoms with Gasteiger partial charge in [0.1, 0.15) is 0 Å². The molecule has 2 aromatic rings. The van der Waals surface area contributed by atoms with Crippen LogP contribution in [0.4, 0.5) is 0 Å². The second-order valence-corrected chi connectivity index (χ2v) is 7.67. The first-order chi connectivity index (χ1) is 13.7. The van der Waals surface area contributed by atoms with E-state index in [1.54, 1.807) is 0 Å². The van der Waals surface area contributed by atoms with Crippen molar-refractivity contribution in [3.05, 3.63) is 70.8 Å². The Morgan fingerprint density at radius 2 is 1.14 bits per heavy atom. The molecule has 160 valence electrons. The standard InChI is InChI=1S/C24H34N2O2.ClH/c1-3-19-5-9-21(10-6-19)23-17-25(13-15-27)18-24(26(23)14-16-28)22-11-7-20(4-2)8-12-22;/h5-12,23-24,27-28H,3-4,13-18H2,1-2H3;1H. The normalized spacial score (nSPS) is 20.4. The fourth-order valence-electron chi connectivity index (χ4n) is 4.29. The van der Waals surface area contributed by atoms with Gasteiger partial charge in [-0.2, -0.15) is 0 Å². The zero-order chi connectivity index (χ0) is 19.9. The topological polar surface area (TPSA) is 46.9 Å². The molecule has 0 spiro atoms. The lowest BCUT2D eigenvalue weighted by molar-refractivity contribution is 0.00436. The van der Waals surface area contributed by atoms with Gasteiger partial charge in [0.15, 0.2) is 0 Å².